The molecule has 0 unspecified atom stereocenters. The molecule has 0 atom stereocenters. The lowest BCUT2D eigenvalue weighted by Crippen LogP contribution is -2.24. The Kier molecular flexibility index (Phi) is 3.72. The topological polar surface area (TPSA) is 46.2 Å². The number of aldehydes is 1. The number of hydrogen-bond acceptors (Lipinski definition) is 2. The zero-order valence-corrected chi connectivity index (χ0v) is 10.3. The highest BCUT2D eigenvalue weighted by molar-refractivity contribution is 6.12. The van der Waals surface area contributed by atoms with Gasteiger partial charge in [-0.15, -0.1) is 0 Å². The Balaban J connectivity index is 2.56. The molecular weight excluding hydrogens is 226 g/mol. The molecule has 18 heavy (non-hydrogen) atoms. The Labute approximate surface area is 106 Å². The van der Waals surface area contributed by atoms with Crippen molar-refractivity contribution in [1.29, 1.82) is 0 Å². The normalized spacial score (nSPS) is 10.3. The highest BCUT2D eigenvalue weighted by atomic mass is 16.1. The van der Waals surface area contributed by atoms with E-state index >= 15 is 0 Å². The van der Waals surface area contributed by atoms with Crippen LogP contribution < -0.4 is 5.32 Å². The highest BCUT2D eigenvalue weighted by Crippen LogP contribution is 2.22. The van der Waals surface area contributed by atoms with Crippen molar-refractivity contribution < 1.29 is 9.59 Å². The van der Waals surface area contributed by atoms with E-state index in [1.807, 2.05) is 31.2 Å². The number of fused-ring (bicyclic) bond motifs is 1. The molecule has 0 aliphatic carbocycles. The molecule has 0 bridgehead atoms. The van der Waals surface area contributed by atoms with Gasteiger partial charge < -0.3 is 5.32 Å². The Morgan fingerprint density at radius 1 is 1.22 bits per heavy atom. The van der Waals surface area contributed by atoms with Crippen molar-refractivity contribution in [2.45, 2.75) is 13.3 Å². The molecule has 2 rings (SSSR count). The van der Waals surface area contributed by atoms with Gasteiger partial charge in [0.25, 0.3) is 5.91 Å². The molecule has 92 valence electrons. The Morgan fingerprint density at radius 2 is 1.94 bits per heavy atom. The standard InChI is InChI=1S/C15H15NO2/c1-2-9-16-15(18)13-8-4-6-11-5-3-7-12(10-17)14(11)13/h3-8,10H,2,9H2,1H3,(H,16,18). The van der Waals surface area contributed by atoms with E-state index in [9.17, 15) is 9.59 Å². The fourth-order valence-corrected chi connectivity index (χ4v) is 1.99. The van der Waals surface area contributed by atoms with Gasteiger partial charge in [-0.05, 0) is 17.9 Å². The molecule has 0 saturated carbocycles. The van der Waals surface area contributed by atoms with Gasteiger partial charge in [0, 0.05) is 23.1 Å². The number of carbonyl (C=O) groups excluding carboxylic acids is 2. The monoisotopic (exact) mass is 241 g/mol. The van der Waals surface area contributed by atoms with E-state index in [4.69, 9.17) is 0 Å². The molecule has 0 radical (unpaired) electrons. The number of rotatable bonds is 4. The summed E-state index contributed by atoms with van der Waals surface area (Å²) in [5.41, 5.74) is 1.11. The molecule has 0 spiro atoms. The third kappa shape index (κ3) is 2.25. The summed E-state index contributed by atoms with van der Waals surface area (Å²) in [6.07, 6.45) is 1.68. The first kappa shape index (κ1) is 12.3. The summed E-state index contributed by atoms with van der Waals surface area (Å²) in [6.45, 7) is 2.64. The molecule has 0 aromatic heterocycles. The highest BCUT2D eigenvalue weighted by Gasteiger charge is 2.11. The molecule has 1 amide bonds. The number of amides is 1. The smallest absolute Gasteiger partial charge is 0.251 e. The average molecular weight is 241 g/mol. The number of hydrogen-bond donors (Lipinski definition) is 1. The third-order valence-electron chi connectivity index (χ3n) is 2.84. The van der Waals surface area contributed by atoms with Gasteiger partial charge in [-0.2, -0.15) is 0 Å². The molecule has 3 heteroatoms. The first-order valence-electron chi connectivity index (χ1n) is 6.03. The minimum Gasteiger partial charge on any atom is -0.352 e. The van der Waals surface area contributed by atoms with Crippen LogP contribution in [0.2, 0.25) is 0 Å². The molecule has 0 heterocycles. The summed E-state index contributed by atoms with van der Waals surface area (Å²) in [5, 5.41) is 4.47. The van der Waals surface area contributed by atoms with E-state index in [0.717, 1.165) is 23.5 Å². The minimum atomic E-state index is -0.128. The van der Waals surface area contributed by atoms with Crippen molar-refractivity contribution in [3.8, 4) is 0 Å². The van der Waals surface area contributed by atoms with Crippen LogP contribution in [0.1, 0.15) is 34.1 Å². The van der Waals surface area contributed by atoms with Gasteiger partial charge in [-0.3, -0.25) is 9.59 Å². The largest absolute Gasteiger partial charge is 0.352 e. The van der Waals surface area contributed by atoms with Crippen molar-refractivity contribution in [2.75, 3.05) is 6.54 Å². The van der Waals surface area contributed by atoms with E-state index < -0.39 is 0 Å². The van der Waals surface area contributed by atoms with Crippen LogP contribution in [0.25, 0.3) is 10.8 Å². The molecule has 2 aromatic carbocycles. The number of carbonyl (C=O) groups is 2. The molecule has 1 N–H and O–H groups in total. The second kappa shape index (κ2) is 5.45. The molecule has 0 fully saturated rings. The summed E-state index contributed by atoms with van der Waals surface area (Å²) in [6, 6.07) is 10.9. The minimum absolute atomic E-state index is 0.128. The zero-order valence-electron chi connectivity index (χ0n) is 10.3. The van der Waals surface area contributed by atoms with Crippen molar-refractivity contribution in [2.24, 2.45) is 0 Å². The summed E-state index contributed by atoms with van der Waals surface area (Å²) >= 11 is 0. The van der Waals surface area contributed by atoms with Gasteiger partial charge in [0.15, 0.2) is 6.29 Å². The first-order chi connectivity index (χ1) is 8.77. The Bertz CT molecular complexity index is 585. The fraction of sp³-hybridized carbons (Fsp3) is 0.200. The van der Waals surface area contributed by atoms with Crippen LogP contribution in [0, 0.1) is 0 Å². The van der Waals surface area contributed by atoms with Gasteiger partial charge in [-0.25, -0.2) is 0 Å². The predicted molar refractivity (Wildman–Crippen MR) is 72.0 cm³/mol. The SMILES string of the molecule is CCCNC(=O)c1cccc2cccc(C=O)c12. The molecule has 0 aliphatic heterocycles. The summed E-state index contributed by atoms with van der Waals surface area (Å²) in [4.78, 5) is 23.1. The maximum atomic E-state index is 12.1. The quantitative estimate of drug-likeness (QED) is 0.837. The molecule has 0 saturated heterocycles. The maximum Gasteiger partial charge on any atom is 0.251 e. The predicted octanol–water partition coefficient (Wildman–Crippen LogP) is 2.79. The van der Waals surface area contributed by atoms with Crippen LogP contribution in [0.5, 0.6) is 0 Å². The van der Waals surface area contributed by atoms with E-state index in [1.165, 1.54) is 0 Å². The van der Waals surface area contributed by atoms with Crippen LogP contribution in [0.15, 0.2) is 36.4 Å². The third-order valence-corrected chi connectivity index (χ3v) is 2.84. The van der Waals surface area contributed by atoms with Crippen LogP contribution in [0.3, 0.4) is 0 Å². The van der Waals surface area contributed by atoms with Crippen molar-refractivity contribution in [3.63, 3.8) is 0 Å². The van der Waals surface area contributed by atoms with Gasteiger partial charge in [0.2, 0.25) is 0 Å². The van der Waals surface area contributed by atoms with E-state index in [2.05, 4.69) is 5.32 Å². The lowest BCUT2D eigenvalue weighted by molar-refractivity contribution is 0.0955. The molecular formula is C15H15NO2. The number of benzene rings is 2. The summed E-state index contributed by atoms with van der Waals surface area (Å²) in [5.74, 6) is -0.128. The molecule has 2 aromatic rings. The maximum absolute atomic E-state index is 12.1. The van der Waals surface area contributed by atoms with Gasteiger partial charge in [0.05, 0.1) is 0 Å². The van der Waals surface area contributed by atoms with Gasteiger partial charge >= 0.3 is 0 Å². The Hall–Kier alpha value is -2.16. The average Bonchev–Trinajstić information content (AvgIpc) is 2.43. The zero-order chi connectivity index (χ0) is 13.0. The fourth-order valence-electron chi connectivity index (χ4n) is 1.99. The van der Waals surface area contributed by atoms with Crippen LogP contribution in [-0.4, -0.2) is 18.7 Å². The van der Waals surface area contributed by atoms with Gasteiger partial charge in [0.1, 0.15) is 0 Å². The van der Waals surface area contributed by atoms with E-state index in [1.54, 1.807) is 12.1 Å². The van der Waals surface area contributed by atoms with Crippen LogP contribution in [0.4, 0.5) is 0 Å². The van der Waals surface area contributed by atoms with Crippen molar-refractivity contribution in [1.82, 2.24) is 5.32 Å². The summed E-state index contributed by atoms with van der Waals surface area (Å²) < 4.78 is 0. The molecule has 0 aliphatic rings. The summed E-state index contributed by atoms with van der Waals surface area (Å²) in [7, 11) is 0. The van der Waals surface area contributed by atoms with E-state index in [-0.39, 0.29) is 5.91 Å². The second-order valence-corrected chi connectivity index (χ2v) is 4.12. The lowest BCUT2D eigenvalue weighted by atomic mass is 9.99. The Morgan fingerprint density at radius 3 is 2.61 bits per heavy atom. The lowest BCUT2D eigenvalue weighted by Gasteiger charge is -2.08. The van der Waals surface area contributed by atoms with E-state index in [0.29, 0.717) is 17.7 Å². The number of nitrogens with one attached hydrogen (secondary N) is 1. The van der Waals surface area contributed by atoms with Crippen molar-refractivity contribution >= 4 is 23.0 Å². The van der Waals surface area contributed by atoms with Crippen LogP contribution >= 0.6 is 0 Å². The second-order valence-electron chi connectivity index (χ2n) is 4.12. The van der Waals surface area contributed by atoms with Crippen molar-refractivity contribution in [3.05, 3.63) is 47.5 Å². The first-order valence-corrected chi connectivity index (χ1v) is 6.03. The van der Waals surface area contributed by atoms with Gasteiger partial charge in [-0.1, -0.05) is 37.3 Å². The van der Waals surface area contributed by atoms with Crippen LogP contribution in [-0.2, 0) is 0 Å². The molecule has 3 nitrogen and oxygen atoms in total.